The molecule has 39 heavy (non-hydrogen) atoms. The minimum atomic E-state index is -0.707. The van der Waals surface area contributed by atoms with Crippen LogP contribution in [0.25, 0.3) is 11.0 Å². The summed E-state index contributed by atoms with van der Waals surface area (Å²) in [5.74, 6) is 0.157. The van der Waals surface area contributed by atoms with Crippen LogP contribution in [0.1, 0.15) is 46.6 Å². The van der Waals surface area contributed by atoms with Gasteiger partial charge in [-0.25, -0.2) is 4.39 Å². The smallest absolute Gasteiger partial charge is 0.290 e. The van der Waals surface area contributed by atoms with Gasteiger partial charge in [-0.1, -0.05) is 36.4 Å². The Morgan fingerprint density at radius 3 is 2.51 bits per heavy atom. The van der Waals surface area contributed by atoms with Crippen LogP contribution in [-0.2, 0) is 6.61 Å². The average molecular weight is 531 g/mol. The average Bonchev–Trinajstić information content (AvgIpc) is 3.20. The highest BCUT2D eigenvalue weighted by Crippen LogP contribution is 2.41. The number of nitrogens with zero attached hydrogens (tertiary/aromatic N) is 2. The third-order valence-corrected chi connectivity index (χ3v) is 6.75. The molecule has 1 atom stereocenters. The monoisotopic (exact) mass is 530 g/mol. The van der Waals surface area contributed by atoms with Gasteiger partial charge >= 0.3 is 0 Å². The van der Waals surface area contributed by atoms with Crippen LogP contribution in [-0.4, -0.2) is 49.5 Å². The first kappa shape index (κ1) is 26.4. The summed E-state index contributed by atoms with van der Waals surface area (Å²) in [5.41, 5.74) is 1.68. The van der Waals surface area contributed by atoms with Crippen molar-refractivity contribution in [3.05, 3.63) is 105 Å². The maximum Gasteiger partial charge on any atom is 0.290 e. The number of halogens is 1. The molecule has 0 spiro atoms. The van der Waals surface area contributed by atoms with Crippen molar-refractivity contribution in [3.63, 3.8) is 0 Å². The van der Waals surface area contributed by atoms with E-state index in [4.69, 9.17) is 13.9 Å². The fourth-order valence-electron chi connectivity index (χ4n) is 4.94. The number of hydrogen-bond acceptors (Lipinski definition) is 6. The summed E-state index contributed by atoms with van der Waals surface area (Å²) in [7, 11) is 3.93. The van der Waals surface area contributed by atoms with Crippen molar-refractivity contribution in [2.45, 2.75) is 26.0 Å². The van der Waals surface area contributed by atoms with E-state index in [2.05, 4.69) is 0 Å². The number of benzene rings is 3. The summed E-state index contributed by atoms with van der Waals surface area (Å²) in [6.45, 7) is 3.82. The van der Waals surface area contributed by atoms with Crippen molar-refractivity contribution in [3.8, 4) is 11.5 Å². The summed E-state index contributed by atoms with van der Waals surface area (Å²) in [5, 5.41) is 0.106. The Bertz CT molecular complexity index is 1550. The summed E-state index contributed by atoms with van der Waals surface area (Å²) in [6, 6.07) is 18.3. The van der Waals surface area contributed by atoms with E-state index in [9.17, 15) is 14.0 Å². The largest absolute Gasteiger partial charge is 0.490 e. The molecule has 3 aromatic carbocycles. The molecule has 0 N–H and O–H groups in total. The van der Waals surface area contributed by atoms with Gasteiger partial charge in [0.1, 0.15) is 18.0 Å². The van der Waals surface area contributed by atoms with Gasteiger partial charge in [-0.05, 0) is 75.4 Å². The molecule has 1 amide bonds. The Balaban J connectivity index is 1.58. The molecule has 0 radical (unpaired) electrons. The highest BCUT2D eigenvalue weighted by molar-refractivity contribution is 5.99. The van der Waals surface area contributed by atoms with Gasteiger partial charge in [0.2, 0.25) is 5.76 Å². The van der Waals surface area contributed by atoms with Crippen LogP contribution in [0.3, 0.4) is 0 Å². The lowest BCUT2D eigenvalue weighted by Crippen LogP contribution is -2.32. The number of ether oxygens (including phenoxy) is 2. The molecule has 5 rings (SSSR count). The Hall–Kier alpha value is -4.17. The van der Waals surface area contributed by atoms with Crippen LogP contribution in [0.2, 0.25) is 0 Å². The summed E-state index contributed by atoms with van der Waals surface area (Å²) in [6.07, 6.45) is 0.697. The first-order valence-corrected chi connectivity index (χ1v) is 13.0. The predicted octanol–water partition coefficient (Wildman–Crippen LogP) is 5.41. The molecule has 1 aromatic heterocycles. The van der Waals surface area contributed by atoms with Crippen LogP contribution in [0.5, 0.6) is 11.5 Å². The zero-order chi connectivity index (χ0) is 27.5. The van der Waals surface area contributed by atoms with Gasteiger partial charge in [-0.2, -0.15) is 0 Å². The van der Waals surface area contributed by atoms with Gasteiger partial charge < -0.3 is 23.7 Å². The first-order valence-electron chi connectivity index (χ1n) is 13.0. The van der Waals surface area contributed by atoms with E-state index >= 15 is 0 Å². The van der Waals surface area contributed by atoms with Crippen LogP contribution in [0.4, 0.5) is 4.39 Å². The highest BCUT2D eigenvalue weighted by Gasteiger charge is 2.42. The second-order valence-corrected chi connectivity index (χ2v) is 9.79. The molecule has 0 bridgehead atoms. The number of rotatable bonds is 10. The van der Waals surface area contributed by atoms with Crippen molar-refractivity contribution >= 4 is 16.9 Å². The van der Waals surface area contributed by atoms with Gasteiger partial charge in [0.15, 0.2) is 16.9 Å². The second-order valence-electron chi connectivity index (χ2n) is 9.79. The lowest BCUT2D eigenvalue weighted by Gasteiger charge is -2.26. The second kappa shape index (κ2) is 11.3. The summed E-state index contributed by atoms with van der Waals surface area (Å²) >= 11 is 0. The minimum Gasteiger partial charge on any atom is -0.490 e. The molecule has 1 aliphatic heterocycles. The molecule has 1 unspecified atom stereocenters. The maximum absolute atomic E-state index is 14.1. The van der Waals surface area contributed by atoms with Crippen LogP contribution in [0.15, 0.2) is 75.9 Å². The quantitative estimate of drug-likeness (QED) is 0.273. The van der Waals surface area contributed by atoms with Gasteiger partial charge in [-0.15, -0.1) is 0 Å². The Morgan fingerprint density at radius 1 is 0.974 bits per heavy atom. The molecule has 8 heteroatoms. The molecule has 1 aliphatic rings. The molecular formula is C31H31FN2O5. The fraction of sp³-hybridized carbons (Fsp3) is 0.290. The lowest BCUT2D eigenvalue weighted by molar-refractivity contribution is 0.0722. The normalized spacial score (nSPS) is 14.7. The van der Waals surface area contributed by atoms with Gasteiger partial charge in [0, 0.05) is 6.54 Å². The standard InChI is InChI=1S/C31H31FN2O5/c1-4-37-26-17-21(11-13-25(26)38-19-20-9-6-5-7-10-20)28-27-29(35)23-18-22(32)12-14-24(23)39-30(27)31(36)34(28)16-8-15-33(2)3/h5-7,9-14,17-18,28H,4,8,15-16,19H2,1-3H3. The van der Waals surface area contributed by atoms with Gasteiger partial charge in [0.25, 0.3) is 5.91 Å². The van der Waals surface area contributed by atoms with Crippen molar-refractivity contribution in [2.75, 3.05) is 33.8 Å². The van der Waals surface area contributed by atoms with E-state index in [1.807, 2.05) is 68.4 Å². The number of hydrogen-bond donors (Lipinski definition) is 0. The Morgan fingerprint density at radius 2 is 1.77 bits per heavy atom. The van der Waals surface area contributed by atoms with E-state index in [-0.39, 0.29) is 28.2 Å². The molecule has 202 valence electrons. The summed E-state index contributed by atoms with van der Waals surface area (Å²) in [4.78, 5) is 31.0. The van der Waals surface area contributed by atoms with Gasteiger partial charge in [-0.3, -0.25) is 9.59 Å². The third kappa shape index (κ3) is 5.38. The van der Waals surface area contributed by atoms with Crippen molar-refractivity contribution in [2.24, 2.45) is 0 Å². The molecule has 0 aliphatic carbocycles. The maximum atomic E-state index is 14.1. The SMILES string of the molecule is CCOc1cc(C2c3c(oc4ccc(F)cc4c3=O)C(=O)N2CCCN(C)C)ccc1OCc1ccccc1. The van der Waals surface area contributed by atoms with Crippen molar-refractivity contribution in [1.82, 2.24) is 9.80 Å². The Kier molecular flexibility index (Phi) is 7.65. The molecule has 7 nitrogen and oxygen atoms in total. The van der Waals surface area contributed by atoms with E-state index in [0.717, 1.165) is 18.2 Å². The minimum absolute atomic E-state index is 0.00340. The van der Waals surface area contributed by atoms with E-state index in [0.29, 0.717) is 43.2 Å². The van der Waals surface area contributed by atoms with Crippen LogP contribution in [0, 0.1) is 5.82 Å². The zero-order valence-corrected chi connectivity index (χ0v) is 22.3. The van der Waals surface area contributed by atoms with E-state index in [1.54, 1.807) is 11.0 Å². The van der Waals surface area contributed by atoms with Crippen LogP contribution < -0.4 is 14.9 Å². The van der Waals surface area contributed by atoms with E-state index in [1.165, 1.54) is 12.1 Å². The van der Waals surface area contributed by atoms with Crippen molar-refractivity contribution in [1.29, 1.82) is 0 Å². The van der Waals surface area contributed by atoms with Crippen LogP contribution >= 0.6 is 0 Å². The predicted molar refractivity (Wildman–Crippen MR) is 147 cm³/mol. The summed E-state index contributed by atoms with van der Waals surface area (Å²) < 4.78 is 32.0. The first-order chi connectivity index (χ1) is 18.9. The fourth-order valence-corrected chi connectivity index (χ4v) is 4.94. The molecule has 0 saturated heterocycles. The van der Waals surface area contributed by atoms with Crippen molar-refractivity contribution < 1.29 is 23.1 Å². The highest BCUT2D eigenvalue weighted by atomic mass is 19.1. The molecule has 2 heterocycles. The zero-order valence-electron chi connectivity index (χ0n) is 22.3. The molecule has 0 saturated carbocycles. The van der Waals surface area contributed by atoms with E-state index < -0.39 is 17.3 Å². The Labute approximate surface area is 226 Å². The number of carbonyl (C=O) groups is 1. The van der Waals surface area contributed by atoms with Gasteiger partial charge in [0.05, 0.1) is 23.6 Å². The number of fused-ring (bicyclic) bond motifs is 2. The number of carbonyl (C=O) groups excluding carboxylic acids is 1. The topological polar surface area (TPSA) is 72.2 Å². The molecule has 4 aromatic rings. The molecule has 0 fully saturated rings. The lowest BCUT2D eigenvalue weighted by atomic mass is 9.98. The third-order valence-electron chi connectivity index (χ3n) is 6.75. The number of amides is 1. The molecular weight excluding hydrogens is 499 g/mol.